The minimum atomic E-state index is -1.32. The number of aromatic nitrogens is 4. The van der Waals surface area contributed by atoms with E-state index in [9.17, 15) is 19.2 Å². The molecule has 1 aromatic heterocycles. The molecule has 2 heterocycles. The number of tetrazole rings is 1. The highest BCUT2D eigenvalue weighted by molar-refractivity contribution is 5.68. The van der Waals surface area contributed by atoms with Gasteiger partial charge in [0.1, 0.15) is 12.7 Å². The lowest BCUT2D eigenvalue weighted by atomic mass is 9.97. The standard InChI is InChI=1S/C22H26N4O9/c1-12(27)31-11-17-19(32-13(2)28)20(33-14(3)29)21(34-15(4)30)22(35-17)26-24-18(23-25-26)10-16-8-6-5-7-9-16/h5-9,17,19-22H,10-11H2,1-4H3. The second-order valence-corrected chi connectivity index (χ2v) is 7.78. The van der Waals surface area contributed by atoms with Crippen molar-refractivity contribution in [2.24, 2.45) is 0 Å². The van der Waals surface area contributed by atoms with Crippen molar-refractivity contribution in [3.63, 3.8) is 0 Å². The summed E-state index contributed by atoms with van der Waals surface area (Å²) in [6.07, 6.45) is -5.87. The molecule has 0 radical (unpaired) electrons. The fourth-order valence-corrected chi connectivity index (χ4v) is 3.60. The highest BCUT2D eigenvalue weighted by Crippen LogP contribution is 2.34. The second-order valence-electron chi connectivity index (χ2n) is 7.78. The zero-order chi connectivity index (χ0) is 25.5. The smallest absolute Gasteiger partial charge is 0.303 e. The van der Waals surface area contributed by atoms with Gasteiger partial charge in [-0.15, -0.1) is 15.0 Å². The Morgan fingerprint density at radius 1 is 0.857 bits per heavy atom. The topological polar surface area (TPSA) is 158 Å². The van der Waals surface area contributed by atoms with Crippen LogP contribution in [0.3, 0.4) is 0 Å². The molecular formula is C22H26N4O9. The van der Waals surface area contributed by atoms with Crippen molar-refractivity contribution in [2.45, 2.75) is 64.8 Å². The first-order chi connectivity index (χ1) is 16.6. The van der Waals surface area contributed by atoms with Gasteiger partial charge in [-0.25, -0.2) is 0 Å². The van der Waals surface area contributed by atoms with Gasteiger partial charge in [-0.2, -0.15) is 0 Å². The molecule has 3 rings (SSSR count). The third-order valence-corrected chi connectivity index (χ3v) is 4.87. The molecular weight excluding hydrogens is 464 g/mol. The molecule has 0 spiro atoms. The van der Waals surface area contributed by atoms with Crippen molar-refractivity contribution in [2.75, 3.05) is 6.61 Å². The first-order valence-corrected chi connectivity index (χ1v) is 10.8. The minimum Gasteiger partial charge on any atom is -0.463 e. The van der Waals surface area contributed by atoms with E-state index in [0.29, 0.717) is 12.2 Å². The van der Waals surface area contributed by atoms with Gasteiger partial charge < -0.3 is 23.7 Å². The normalized spacial score (nSPS) is 23.7. The van der Waals surface area contributed by atoms with Crippen molar-refractivity contribution in [3.05, 3.63) is 41.7 Å². The first-order valence-electron chi connectivity index (χ1n) is 10.8. The zero-order valence-corrected chi connectivity index (χ0v) is 19.7. The second kappa shape index (κ2) is 11.5. The van der Waals surface area contributed by atoms with Gasteiger partial charge in [-0.1, -0.05) is 30.3 Å². The first kappa shape index (κ1) is 25.7. The number of nitrogens with zero attached hydrogens (tertiary/aromatic N) is 4. The van der Waals surface area contributed by atoms with Crippen molar-refractivity contribution >= 4 is 23.9 Å². The molecule has 35 heavy (non-hydrogen) atoms. The number of benzene rings is 1. The maximum Gasteiger partial charge on any atom is 0.303 e. The van der Waals surface area contributed by atoms with E-state index < -0.39 is 54.5 Å². The van der Waals surface area contributed by atoms with Gasteiger partial charge >= 0.3 is 23.9 Å². The molecule has 1 saturated heterocycles. The average molecular weight is 490 g/mol. The summed E-state index contributed by atoms with van der Waals surface area (Å²) in [6.45, 7) is 4.30. The van der Waals surface area contributed by atoms with E-state index in [1.165, 1.54) is 6.92 Å². The summed E-state index contributed by atoms with van der Waals surface area (Å²) in [5.41, 5.74) is 0.939. The van der Waals surface area contributed by atoms with Gasteiger partial charge in [0.15, 0.2) is 24.1 Å². The number of esters is 4. The van der Waals surface area contributed by atoms with E-state index >= 15 is 0 Å². The fourth-order valence-electron chi connectivity index (χ4n) is 3.60. The van der Waals surface area contributed by atoms with E-state index in [-0.39, 0.29) is 6.61 Å². The van der Waals surface area contributed by atoms with Crippen molar-refractivity contribution in [3.8, 4) is 0 Å². The van der Waals surface area contributed by atoms with Gasteiger partial charge in [0.05, 0.1) is 0 Å². The van der Waals surface area contributed by atoms with Crippen LogP contribution in [0.5, 0.6) is 0 Å². The Hall–Kier alpha value is -3.87. The lowest BCUT2D eigenvalue weighted by Gasteiger charge is -2.43. The third-order valence-electron chi connectivity index (χ3n) is 4.87. The SMILES string of the molecule is CC(=O)OCC1OC(n2nnc(Cc3ccccc3)n2)C(OC(C)=O)C(OC(C)=O)C1OC(C)=O. The molecule has 1 aliphatic rings. The van der Waals surface area contributed by atoms with Crippen LogP contribution in [0.15, 0.2) is 30.3 Å². The van der Waals surface area contributed by atoms with Gasteiger partial charge in [0.25, 0.3) is 0 Å². The van der Waals surface area contributed by atoms with E-state index in [4.69, 9.17) is 23.7 Å². The summed E-state index contributed by atoms with van der Waals surface area (Å²) in [4.78, 5) is 48.2. The maximum atomic E-state index is 11.9. The number of carbonyl (C=O) groups is 4. The number of ether oxygens (including phenoxy) is 5. The van der Waals surface area contributed by atoms with Crippen molar-refractivity contribution < 1.29 is 42.9 Å². The summed E-state index contributed by atoms with van der Waals surface area (Å²) in [5, 5.41) is 12.4. The Morgan fingerprint density at radius 2 is 1.46 bits per heavy atom. The van der Waals surface area contributed by atoms with Crippen LogP contribution < -0.4 is 0 Å². The number of hydrogen-bond donors (Lipinski definition) is 0. The molecule has 5 atom stereocenters. The van der Waals surface area contributed by atoms with Crippen molar-refractivity contribution in [1.29, 1.82) is 0 Å². The Labute approximate surface area is 200 Å². The molecule has 5 unspecified atom stereocenters. The monoisotopic (exact) mass is 490 g/mol. The van der Waals surface area contributed by atoms with Gasteiger partial charge in [0.2, 0.25) is 6.23 Å². The van der Waals surface area contributed by atoms with Crippen LogP contribution in [0.25, 0.3) is 0 Å². The quantitative estimate of drug-likeness (QED) is 0.374. The van der Waals surface area contributed by atoms with E-state index in [2.05, 4.69) is 15.4 Å². The van der Waals surface area contributed by atoms with Gasteiger partial charge in [-0.05, 0) is 10.8 Å². The van der Waals surface area contributed by atoms with Crippen LogP contribution in [0, 0.1) is 0 Å². The van der Waals surface area contributed by atoms with Crippen LogP contribution in [0.2, 0.25) is 0 Å². The van der Waals surface area contributed by atoms with Crippen LogP contribution in [0.1, 0.15) is 45.3 Å². The lowest BCUT2D eigenvalue weighted by molar-refractivity contribution is -0.272. The Bertz CT molecular complexity index is 1060. The maximum absolute atomic E-state index is 11.9. The number of hydrogen-bond acceptors (Lipinski definition) is 12. The summed E-state index contributed by atoms with van der Waals surface area (Å²) < 4.78 is 27.2. The Balaban J connectivity index is 1.98. The molecule has 188 valence electrons. The predicted octanol–water partition coefficient (Wildman–Crippen LogP) is 0.519. The van der Waals surface area contributed by atoms with Crippen LogP contribution >= 0.6 is 0 Å². The lowest BCUT2D eigenvalue weighted by Crippen LogP contribution is -2.60. The molecule has 0 saturated carbocycles. The van der Waals surface area contributed by atoms with Crippen LogP contribution in [0.4, 0.5) is 0 Å². The molecule has 13 heteroatoms. The largest absolute Gasteiger partial charge is 0.463 e. The van der Waals surface area contributed by atoms with E-state index in [0.717, 1.165) is 31.1 Å². The van der Waals surface area contributed by atoms with E-state index in [1.54, 1.807) is 0 Å². The van der Waals surface area contributed by atoms with Crippen LogP contribution in [-0.4, -0.2) is 75.1 Å². The Morgan fingerprint density at radius 3 is 2.06 bits per heavy atom. The predicted molar refractivity (Wildman–Crippen MR) is 114 cm³/mol. The molecule has 2 aromatic rings. The number of carbonyl (C=O) groups excluding carboxylic acids is 4. The fraction of sp³-hybridized carbons (Fsp3) is 0.500. The highest BCUT2D eigenvalue weighted by Gasteiger charge is 2.53. The summed E-state index contributed by atoms with van der Waals surface area (Å²) >= 11 is 0. The molecule has 0 amide bonds. The molecule has 13 nitrogen and oxygen atoms in total. The van der Waals surface area contributed by atoms with Crippen LogP contribution in [-0.2, 0) is 49.3 Å². The molecule has 1 aromatic carbocycles. The van der Waals surface area contributed by atoms with E-state index in [1.807, 2.05) is 30.3 Å². The number of rotatable bonds is 8. The molecule has 1 aliphatic heterocycles. The molecule has 0 N–H and O–H groups in total. The summed E-state index contributed by atoms with van der Waals surface area (Å²) in [5.74, 6) is -2.42. The summed E-state index contributed by atoms with van der Waals surface area (Å²) in [6, 6.07) is 9.42. The minimum absolute atomic E-state index is 0.347. The Kier molecular flexibility index (Phi) is 8.47. The molecule has 1 fully saturated rings. The van der Waals surface area contributed by atoms with Gasteiger partial charge in [0, 0.05) is 34.1 Å². The van der Waals surface area contributed by atoms with Crippen molar-refractivity contribution in [1.82, 2.24) is 20.2 Å². The zero-order valence-electron chi connectivity index (χ0n) is 19.7. The highest BCUT2D eigenvalue weighted by atomic mass is 16.7. The third kappa shape index (κ3) is 7.06. The average Bonchev–Trinajstić information content (AvgIpc) is 3.23. The summed E-state index contributed by atoms with van der Waals surface area (Å²) in [7, 11) is 0. The molecule has 0 aliphatic carbocycles. The van der Waals surface area contributed by atoms with Gasteiger partial charge in [-0.3, -0.25) is 19.2 Å². The molecule has 0 bridgehead atoms.